The van der Waals surface area contributed by atoms with Gasteiger partial charge in [0.15, 0.2) is 0 Å². The lowest BCUT2D eigenvalue weighted by atomic mass is 10.0. The fourth-order valence-corrected chi connectivity index (χ4v) is 2.01. The van der Waals surface area contributed by atoms with E-state index < -0.39 is 0 Å². The van der Waals surface area contributed by atoms with Gasteiger partial charge in [-0.1, -0.05) is 13.8 Å². The summed E-state index contributed by atoms with van der Waals surface area (Å²) in [5, 5.41) is 8.07. The Labute approximate surface area is 86.9 Å². The molecule has 0 spiro atoms. The molecule has 14 heavy (non-hydrogen) atoms. The highest BCUT2D eigenvalue weighted by Crippen LogP contribution is 2.15. The molecular weight excluding hydrogens is 176 g/mol. The maximum absolute atomic E-state index is 8.07. The second kappa shape index (κ2) is 5.35. The average Bonchev–Trinajstić information content (AvgIpc) is 2.19. The van der Waals surface area contributed by atoms with E-state index in [0.29, 0.717) is 11.8 Å². The van der Waals surface area contributed by atoms with Gasteiger partial charge in [0.2, 0.25) is 0 Å². The molecule has 1 saturated heterocycles. The van der Waals surface area contributed by atoms with E-state index in [2.05, 4.69) is 18.7 Å². The highest BCUT2D eigenvalue weighted by atomic mass is 16.5. The van der Waals surface area contributed by atoms with Crippen molar-refractivity contribution >= 4 is 5.84 Å². The van der Waals surface area contributed by atoms with Crippen molar-refractivity contribution in [3.8, 4) is 0 Å². The van der Waals surface area contributed by atoms with E-state index >= 15 is 0 Å². The molecule has 1 aliphatic rings. The van der Waals surface area contributed by atoms with Gasteiger partial charge in [-0.25, -0.2) is 0 Å². The number of hydrogen-bond acceptors (Lipinski definition) is 2. The lowest BCUT2D eigenvalue weighted by Gasteiger charge is -2.33. The first kappa shape index (κ1) is 11.5. The van der Waals surface area contributed by atoms with Crippen LogP contribution in [0.3, 0.4) is 0 Å². The van der Waals surface area contributed by atoms with Crippen LogP contribution < -0.4 is 0 Å². The molecule has 1 atom stereocenters. The molecule has 0 aromatic heterocycles. The number of nitrogens with one attached hydrogen (secondary N) is 1. The summed E-state index contributed by atoms with van der Waals surface area (Å²) in [6, 6.07) is 0. The third kappa shape index (κ3) is 2.71. The number of ether oxygens (including phenoxy) is 1. The monoisotopic (exact) mass is 198 g/mol. The molecule has 1 unspecified atom stereocenters. The van der Waals surface area contributed by atoms with Gasteiger partial charge in [0, 0.05) is 20.2 Å². The average molecular weight is 198 g/mol. The molecule has 1 fully saturated rings. The van der Waals surface area contributed by atoms with Crippen LogP contribution in [-0.4, -0.2) is 37.0 Å². The van der Waals surface area contributed by atoms with Gasteiger partial charge in [-0.15, -0.1) is 0 Å². The maximum atomic E-state index is 8.07. The van der Waals surface area contributed by atoms with E-state index in [0.717, 1.165) is 13.1 Å². The zero-order chi connectivity index (χ0) is 10.6. The number of rotatable bonds is 3. The number of amidine groups is 1. The number of nitrogens with zero attached hydrogens (tertiary/aromatic N) is 1. The Balaban J connectivity index is 2.52. The highest BCUT2D eigenvalue weighted by Gasteiger charge is 2.24. The minimum absolute atomic E-state index is 0.0342. The predicted octanol–water partition coefficient (Wildman–Crippen LogP) is 2.12. The Kier molecular flexibility index (Phi) is 4.39. The molecule has 0 bridgehead atoms. The van der Waals surface area contributed by atoms with Gasteiger partial charge < -0.3 is 9.64 Å². The molecule has 0 aromatic carbocycles. The third-order valence-electron chi connectivity index (χ3n) is 2.83. The molecule has 1 heterocycles. The van der Waals surface area contributed by atoms with Crippen molar-refractivity contribution in [1.82, 2.24) is 4.90 Å². The van der Waals surface area contributed by atoms with Gasteiger partial charge in [0.25, 0.3) is 0 Å². The van der Waals surface area contributed by atoms with Crippen LogP contribution in [0, 0.1) is 11.3 Å². The molecule has 1 aliphatic heterocycles. The van der Waals surface area contributed by atoms with Gasteiger partial charge in [0.05, 0.1) is 0 Å². The summed E-state index contributed by atoms with van der Waals surface area (Å²) >= 11 is 0. The van der Waals surface area contributed by atoms with E-state index in [9.17, 15) is 0 Å². The van der Waals surface area contributed by atoms with Gasteiger partial charge in [-0.2, -0.15) is 0 Å². The number of piperidine rings is 1. The maximum Gasteiger partial charge on any atom is 0.126 e. The van der Waals surface area contributed by atoms with Crippen LogP contribution >= 0.6 is 0 Å². The second-order valence-electron chi connectivity index (χ2n) is 4.33. The molecule has 82 valence electrons. The normalized spacial score (nSPS) is 19.9. The summed E-state index contributed by atoms with van der Waals surface area (Å²) in [7, 11) is 1.70. The topological polar surface area (TPSA) is 36.3 Å². The Hall–Kier alpha value is -0.570. The summed E-state index contributed by atoms with van der Waals surface area (Å²) in [6.07, 6.45) is 3.71. The van der Waals surface area contributed by atoms with Crippen molar-refractivity contribution in [2.24, 2.45) is 5.92 Å². The molecule has 3 heteroatoms. The highest BCUT2D eigenvalue weighted by molar-refractivity contribution is 5.84. The Morgan fingerprint density at radius 1 is 1.21 bits per heavy atom. The van der Waals surface area contributed by atoms with Crippen molar-refractivity contribution in [2.45, 2.75) is 39.2 Å². The minimum Gasteiger partial charge on any atom is -0.373 e. The van der Waals surface area contributed by atoms with E-state index in [4.69, 9.17) is 10.1 Å². The summed E-state index contributed by atoms with van der Waals surface area (Å²) < 4.78 is 5.36. The van der Waals surface area contributed by atoms with Crippen LogP contribution in [0.1, 0.15) is 33.1 Å². The lowest BCUT2D eigenvalue weighted by Crippen LogP contribution is -2.44. The van der Waals surface area contributed by atoms with Gasteiger partial charge in [-0.05, 0) is 25.2 Å². The molecule has 0 aromatic rings. The quantitative estimate of drug-likeness (QED) is 0.557. The standard InChI is InChI=1S/C11H22N2O/c1-9(2)10(14-3)11(12)13-7-5-4-6-8-13/h9-10,12H,4-8H2,1-3H3. The smallest absolute Gasteiger partial charge is 0.126 e. The van der Waals surface area contributed by atoms with E-state index in [-0.39, 0.29) is 6.10 Å². The fourth-order valence-electron chi connectivity index (χ4n) is 2.01. The Morgan fingerprint density at radius 3 is 2.21 bits per heavy atom. The number of methoxy groups -OCH3 is 1. The number of hydrogen-bond donors (Lipinski definition) is 1. The molecule has 3 nitrogen and oxygen atoms in total. The summed E-state index contributed by atoms with van der Waals surface area (Å²) in [5.41, 5.74) is 0. The first-order chi connectivity index (χ1) is 6.66. The minimum atomic E-state index is -0.0342. The Bertz CT molecular complexity index is 186. The van der Waals surface area contributed by atoms with E-state index in [1.165, 1.54) is 19.3 Å². The predicted molar refractivity (Wildman–Crippen MR) is 58.8 cm³/mol. The van der Waals surface area contributed by atoms with Crippen LogP contribution in [-0.2, 0) is 4.74 Å². The molecule has 1 N–H and O–H groups in total. The summed E-state index contributed by atoms with van der Waals surface area (Å²) in [5.74, 6) is 1.05. The lowest BCUT2D eigenvalue weighted by molar-refractivity contribution is 0.103. The van der Waals surface area contributed by atoms with Crippen molar-refractivity contribution in [3.63, 3.8) is 0 Å². The van der Waals surface area contributed by atoms with Crippen molar-refractivity contribution in [2.75, 3.05) is 20.2 Å². The van der Waals surface area contributed by atoms with Gasteiger partial charge >= 0.3 is 0 Å². The molecule has 0 saturated carbocycles. The largest absolute Gasteiger partial charge is 0.373 e. The number of likely N-dealkylation sites (tertiary alicyclic amines) is 1. The van der Waals surface area contributed by atoms with Crippen LogP contribution in [0.2, 0.25) is 0 Å². The van der Waals surface area contributed by atoms with Gasteiger partial charge in [0.1, 0.15) is 11.9 Å². The third-order valence-corrected chi connectivity index (χ3v) is 2.83. The van der Waals surface area contributed by atoms with Crippen LogP contribution in [0.15, 0.2) is 0 Å². The molecule has 0 radical (unpaired) electrons. The van der Waals surface area contributed by atoms with Gasteiger partial charge in [-0.3, -0.25) is 5.41 Å². The first-order valence-electron chi connectivity index (χ1n) is 5.53. The van der Waals surface area contributed by atoms with Crippen molar-refractivity contribution < 1.29 is 4.74 Å². The van der Waals surface area contributed by atoms with Crippen LogP contribution in [0.5, 0.6) is 0 Å². The van der Waals surface area contributed by atoms with E-state index in [1.807, 2.05) is 0 Å². The molecule has 1 rings (SSSR count). The fraction of sp³-hybridized carbons (Fsp3) is 0.909. The first-order valence-corrected chi connectivity index (χ1v) is 5.53. The van der Waals surface area contributed by atoms with Crippen molar-refractivity contribution in [3.05, 3.63) is 0 Å². The zero-order valence-corrected chi connectivity index (χ0v) is 9.55. The SMILES string of the molecule is COC(C(=N)N1CCCCC1)C(C)C. The summed E-state index contributed by atoms with van der Waals surface area (Å²) in [6.45, 7) is 6.27. The summed E-state index contributed by atoms with van der Waals surface area (Å²) in [4.78, 5) is 2.16. The zero-order valence-electron chi connectivity index (χ0n) is 9.55. The molecular formula is C11H22N2O. The molecule has 0 aliphatic carbocycles. The van der Waals surface area contributed by atoms with E-state index in [1.54, 1.807) is 7.11 Å². The molecule has 0 amide bonds. The van der Waals surface area contributed by atoms with Crippen molar-refractivity contribution in [1.29, 1.82) is 5.41 Å². The van der Waals surface area contributed by atoms with Crippen LogP contribution in [0.4, 0.5) is 0 Å². The second-order valence-corrected chi connectivity index (χ2v) is 4.33. The Morgan fingerprint density at radius 2 is 1.79 bits per heavy atom. The van der Waals surface area contributed by atoms with Crippen LogP contribution in [0.25, 0.3) is 0 Å².